The lowest BCUT2D eigenvalue weighted by Crippen LogP contribution is -1.97. The van der Waals surface area contributed by atoms with Crippen LogP contribution in [-0.4, -0.2) is 4.98 Å². The van der Waals surface area contributed by atoms with Crippen molar-refractivity contribution < 1.29 is 0 Å². The predicted molar refractivity (Wildman–Crippen MR) is 76.4 cm³/mol. The van der Waals surface area contributed by atoms with Crippen molar-refractivity contribution in [2.24, 2.45) is 0 Å². The summed E-state index contributed by atoms with van der Waals surface area (Å²) in [6, 6.07) is 7.51. The number of aromatic nitrogens is 1. The van der Waals surface area contributed by atoms with E-state index < -0.39 is 0 Å². The van der Waals surface area contributed by atoms with Crippen LogP contribution in [0.3, 0.4) is 0 Å². The minimum Gasteiger partial charge on any atom is -0.338 e. The Morgan fingerprint density at radius 3 is 2.71 bits per heavy atom. The standard InChI is InChI=1S/C12H9BrCl2N2/c1-7-3-2-4-10(15)11(7)17-12-9(13)5-8(14)6-16-12/h2-6H,1H3,(H,16,17). The molecule has 1 heterocycles. The number of rotatable bonds is 2. The summed E-state index contributed by atoms with van der Waals surface area (Å²) in [4.78, 5) is 4.21. The van der Waals surface area contributed by atoms with Crippen molar-refractivity contribution in [2.75, 3.05) is 5.32 Å². The lowest BCUT2D eigenvalue weighted by atomic mass is 10.2. The van der Waals surface area contributed by atoms with Gasteiger partial charge >= 0.3 is 0 Å². The van der Waals surface area contributed by atoms with E-state index in [2.05, 4.69) is 26.2 Å². The van der Waals surface area contributed by atoms with Gasteiger partial charge < -0.3 is 5.32 Å². The lowest BCUT2D eigenvalue weighted by molar-refractivity contribution is 1.28. The summed E-state index contributed by atoms with van der Waals surface area (Å²) < 4.78 is 0.796. The van der Waals surface area contributed by atoms with Crippen LogP contribution in [0.15, 0.2) is 34.9 Å². The first-order chi connectivity index (χ1) is 8.08. The highest BCUT2D eigenvalue weighted by Crippen LogP contribution is 2.31. The minimum atomic E-state index is 0.582. The number of pyridine rings is 1. The zero-order chi connectivity index (χ0) is 12.4. The maximum Gasteiger partial charge on any atom is 0.144 e. The Morgan fingerprint density at radius 2 is 2.06 bits per heavy atom. The molecule has 0 saturated carbocycles. The number of benzene rings is 1. The molecule has 2 nitrogen and oxygen atoms in total. The van der Waals surface area contributed by atoms with Crippen molar-refractivity contribution in [1.29, 1.82) is 0 Å². The van der Waals surface area contributed by atoms with Crippen molar-refractivity contribution in [2.45, 2.75) is 6.92 Å². The van der Waals surface area contributed by atoms with Crippen LogP contribution >= 0.6 is 39.1 Å². The van der Waals surface area contributed by atoms with Crippen LogP contribution in [0.1, 0.15) is 5.56 Å². The average molecular weight is 332 g/mol. The fourth-order valence-corrected chi connectivity index (χ4v) is 2.42. The van der Waals surface area contributed by atoms with Gasteiger partial charge in [-0.25, -0.2) is 4.98 Å². The first kappa shape index (κ1) is 12.7. The molecule has 0 aliphatic carbocycles. The monoisotopic (exact) mass is 330 g/mol. The first-order valence-electron chi connectivity index (χ1n) is 4.91. The summed E-state index contributed by atoms with van der Waals surface area (Å²) in [5.41, 5.74) is 1.91. The zero-order valence-electron chi connectivity index (χ0n) is 8.97. The highest BCUT2D eigenvalue weighted by molar-refractivity contribution is 9.10. The molecule has 88 valence electrons. The number of aryl methyl sites for hydroxylation is 1. The number of hydrogen-bond acceptors (Lipinski definition) is 2. The molecular weight excluding hydrogens is 323 g/mol. The fraction of sp³-hybridized carbons (Fsp3) is 0.0833. The molecule has 0 amide bonds. The minimum absolute atomic E-state index is 0.582. The van der Waals surface area contributed by atoms with Gasteiger partial charge in [0.15, 0.2) is 0 Å². The van der Waals surface area contributed by atoms with E-state index in [4.69, 9.17) is 23.2 Å². The van der Waals surface area contributed by atoms with E-state index in [-0.39, 0.29) is 0 Å². The highest BCUT2D eigenvalue weighted by Gasteiger charge is 2.07. The second kappa shape index (κ2) is 5.25. The van der Waals surface area contributed by atoms with Gasteiger partial charge in [-0.3, -0.25) is 0 Å². The summed E-state index contributed by atoms with van der Waals surface area (Å²) >= 11 is 15.4. The molecule has 1 aromatic heterocycles. The molecule has 1 N–H and O–H groups in total. The third-order valence-electron chi connectivity index (χ3n) is 2.27. The maximum absolute atomic E-state index is 6.13. The summed E-state index contributed by atoms with van der Waals surface area (Å²) in [6.07, 6.45) is 1.58. The molecule has 0 unspecified atom stereocenters. The molecule has 0 saturated heterocycles. The molecule has 1 aromatic carbocycles. The number of nitrogens with zero attached hydrogens (tertiary/aromatic N) is 1. The predicted octanol–water partition coefficient (Wildman–Crippen LogP) is 5.20. The third-order valence-corrected chi connectivity index (χ3v) is 3.40. The Hall–Kier alpha value is -0.770. The maximum atomic E-state index is 6.13. The largest absolute Gasteiger partial charge is 0.338 e. The Labute approximate surface area is 118 Å². The second-order valence-electron chi connectivity index (χ2n) is 3.54. The second-order valence-corrected chi connectivity index (χ2v) is 5.24. The number of anilines is 2. The van der Waals surface area contributed by atoms with Gasteiger partial charge in [0.05, 0.1) is 20.2 Å². The van der Waals surface area contributed by atoms with E-state index in [9.17, 15) is 0 Å². The SMILES string of the molecule is Cc1cccc(Cl)c1Nc1ncc(Cl)cc1Br. The van der Waals surface area contributed by atoms with E-state index >= 15 is 0 Å². The molecule has 0 aliphatic rings. The summed E-state index contributed by atoms with van der Waals surface area (Å²) in [5.74, 6) is 0.686. The van der Waals surface area contributed by atoms with Crippen molar-refractivity contribution in [1.82, 2.24) is 4.98 Å². The fourth-order valence-electron chi connectivity index (χ4n) is 1.42. The van der Waals surface area contributed by atoms with Gasteiger partial charge in [0.25, 0.3) is 0 Å². The van der Waals surface area contributed by atoms with E-state index in [0.717, 1.165) is 15.7 Å². The zero-order valence-corrected chi connectivity index (χ0v) is 12.1. The van der Waals surface area contributed by atoms with E-state index in [1.165, 1.54) is 0 Å². The molecule has 0 fully saturated rings. The summed E-state index contributed by atoms with van der Waals surface area (Å²) in [5, 5.41) is 4.43. The number of para-hydroxylation sites is 1. The van der Waals surface area contributed by atoms with Gasteiger partial charge in [0.2, 0.25) is 0 Å². The van der Waals surface area contributed by atoms with Crippen molar-refractivity contribution in [3.63, 3.8) is 0 Å². The number of nitrogens with one attached hydrogen (secondary N) is 1. The Bertz CT molecular complexity index is 538. The van der Waals surface area contributed by atoms with Crippen LogP contribution in [0.2, 0.25) is 10.0 Å². The van der Waals surface area contributed by atoms with Crippen LogP contribution in [0.4, 0.5) is 11.5 Å². The highest BCUT2D eigenvalue weighted by atomic mass is 79.9. The first-order valence-corrected chi connectivity index (χ1v) is 6.46. The summed E-state index contributed by atoms with van der Waals surface area (Å²) in [6.45, 7) is 1.98. The van der Waals surface area contributed by atoms with Gasteiger partial charge in [-0.05, 0) is 40.5 Å². The van der Waals surface area contributed by atoms with Gasteiger partial charge in [-0.1, -0.05) is 35.3 Å². The van der Waals surface area contributed by atoms with Crippen molar-refractivity contribution in [3.05, 3.63) is 50.5 Å². The third kappa shape index (κ3) is 2.92. The van der Waals surface area contributed by atoms with Gasteiger partial charge in [-0.2, -0.15) is 0 Å². The molecule has 0 bridgehead atoms. The van der Waals surface area contributed by atoms with E-state index in [1.54, 1.807) is 12.3 Å². The topological polar surface area (TPSA) is 24.9 Å². The van der Waals surface area contributed by atoms with E-state index in [1.807, 2.05) is 25.1 Å². The van der Waals surface area contributed by atoms with Gasteiger partial charge in [-0.15, -0.1) is 0 Å². The average Bonchev–Trinajstić information content (AvgIpc) is 2.26. The van der Waals surface area contributed by atoms with Crippen LogP contribution in [0.25, 0.3) is 0 Å². The van der Waals surface area contributed by atoms with E-state index in [0.29, 0.717) is 15.9 Å². The van der Waals surface area contributed by atoms with Crippen LogP contribution in [0, 0.1) is 6.92 Å². The molecule has 5 heteroatoms. The smallest absolute Gasteiger partial charge is 0.144 e. The van der Waals surface area contributed by atoms with Gasteiger partial charge in [0, 0.05) is 6.20 Å². The Morgan fingerprint density at radius 1 is 1.29 bits per heavy atom. The molecule has 0 aliphatic heterocycles. The Kier molecular flexibility index (Phi) is 3.92. The molecule has 0 atom stereocenters. The van der Waals surface area contributed by atoms with Crippen LogP contribution in [-0.2, 0) is 0 Å². The summed E-state index contributed by atoms with van der Waals surface area (Å²) in [7, 11) is 0. The van der Waals surface area contributed by atoms with Crippen molar-refractivity contribution in [3.8, 4) is 0 Å². The molecule has 0 spiro atoms. The Balaban J connectivity index is 2.38. The molecule has 2 aromatic rings. The van der Waals surface area contributed by atoms with Gasteiger partial charge in [0.1, 0.15) is 5.82 Å². The quantitative estimate of drug-likeness (QED) is 0.817. The number of halogens is 3. The number of hydrogen-bond donors (Lipinski definition) is 1. The molecule has 0 radical (unpaired) electrons. The molecule has 17 heavy (non-hydrogen) atoms. The molecule has 2 rings (SSSR count). The van der Waals surface area contributed by atoms with Crippen LogP contribution in [0.5, 0.6) is 0 Å². The van der Waals surface area contributed by atoms with Crippen LogP contribution < -0.4 is 5.32 Å². The van der Waals surface area contributed by atoms with Crippen molar-refractivity contribution >= 4 is 50.6 Å². The lowest BCUT2D eigenvalue weighted by Gasteiger charge is -2.11. The molecular formula is C12H9BrCl2N2. The normalized spacial score (nSPS) is 10.4.